The van der Waals surface area contributed by atoms with Crippen LogP contribution >= 0.6 is 0 Å². The Balaban J connectivity index is 2.81. The monoisotopic (exact) mass is 313 g/mol. The van der Waals surface area contributed by atoms with Crippen LogP contribution in [0.4, 0.5) is 4.79 Å². The molecule has 0 aromatic rings. The highest BCUT2D eigenvalue weighted by molar-refractivity contribution is 5.89. The van der Waals surface area contributed by atoms with Gasteiger partial charge in [0, 0.05) is 6.54 Å². The van der Waals surface area contributed by atoms with E-state index in [0.29, 0.717) is 19.4 Å². The summed E-state index contributed by atoms with van der Waals surface area (Å²) in [6.07, 6.45) is -0.851. The number of nitrogens with one attached hydrogen (secondary N) is 1. The Morgan fingerprint density at radius 1 is 1.41 bits per heavy atom. The number of piperazine rings is 1. The van der Waals surface area contributed by atoms with E-state index in [-0.39, 0.29) is 23.8 Å². The molecule has 0 spiro atoms. The van der Waals surface area contributed by atoms with Gasteiger partial charge in [0.25, 0.3) is 5.91 Å². The van der Waals surface area contributed by atoms with Crippen molar-refractivity contribution in [2.75, 3.05) is 13.1 Å². The molecule has 7 heteroatoms. The normalized spacial score (nSPS) is 19.3. The predicted molar refractivity (Wildman–Crippen MR) is 81.9 cm³/mol. The van der Waals surface area contributed by atoms with Crippen LogP contribution < -0.4 is 11.1 Å². The number of rotatable bonds is 4. The molecule has 22 heavy (non-hydrogen) atoms. The number of nitrogens with two attached hydrogens (primary N) is 1. The van der Waals surface area contributed by atoms with Gasteiger partial charge >= 0.3 is 6.09 Å². The zero-order valence-electron chi connectivity index (χ0n) is 14.1. The summed E-state index contributed by atoms with van der Waals surface area (Å²) in [5, 5.41) is 2.81. The summed E-state index contributed by atoms with van der Waals surface area (Å²) >= 11 is 0. The van der Waals surface area contributed by atoms with Gasteiger partial charge in [-0.05, 0) is 32.1 Å². The molecule has 0 aliphatic carbocycles. The summed E-state index contributed by atoms with van der Waals surface area (Å²) in [5.41, 5.74) is 4.56. The molecule has 3 amide bonds. The van der Waals surface area contributed by atoms with Crippen LogP contribution in [0.2, 0.25) is 0 Å². The molecule has 1 rings (SSSR count). The highest BCUT2D eigenvalue weighted by Gasteiger charge is 2.37. The number of hydrogen-bond acceptors (Lipinski definition) is 4. The van der Waals surface area contributed by atoms with Gasteiger partial charge in [-0.15, -0.1) is 0 Å². The molecule has 1 aliphatic rings. The van der Waals surface area contributed by atoms with Gasteiger partial charge in [-0.2, -0.15) is 0 Å². The van der Waals surface area contributed by atoms with Crippen LogP contribution in [0.15, 0.2) is 0 Å². The van der Waals surface area contributed by atoms with Crippen LogP contribution in [0.5, 0.6) is 0 Å². The van der Waals surface area contributed by atoms with Gasteiger partial charge in [0.15, 0.2) is 6.10 Å². The highest BCUT2D eigenvalue weighted by Crippen LogP contribution is 2.24. The SMILES string of the molecule is CC(C)(C)CCC(OC(N)=O)C(=O)N1CC(=O)NC(C)(C)C1. The molecule has 1 aliphatic heterocycles. The fourth-order valence-electron chi connectivity index (χ4n) is 2.46. The first-order valence-corrected chi connectivity index (χ1v) is 7.45. The van der Waals surface area contributed by atoms with Crippen LogP contribution in [0, 0.1) is 5.41 Å². The molecule has 1 fully saturated rings. The van der Waals surface area contributed by atoms with Gasteiger partial charge in [0.05, 0.1) is 12.1 Å². The minimum atomic E-state index is -0.979. The minimum absolute atomic E-state index is 0.00190. The van der Waals surface area contributed by atoms with E-state index in [2.05, 4.69) is 5.32 Å². The summed E-state index contributed by atoms with van der Waals surface area (Å²) in [6, 6.07) is 0. The second-order valence-electron chi connectivity index (χ2n) is 7.65. The summed E-state index contributed by atoms with van der Waals surface area (Å²) in [4.78, 5) is 36.8. The van der Waals surface area contributed by atoms with Crippen molar-refractivity contribution in [2.24, 2.45) is 11.1 Å². The topological polar surface area (TPSA) is 102 Å². The number of carbonyl (C=O) groups is 3. The third-order valence-electron chi connectivity index (χ3n) is 3.40. The van der Waals surface area contributed by atoms with E-state index in [1.165, 1.54) is 4.90 Å². The van der Waals surface area contributed by atoms with Crippen LogP contribution in [0.1, 0.15) is 47.5 Å². The number of ether oxygens (including phenoxy) is 1. The predicted octanol–water partition coefficient (Wildman–Crippen LogP) is 1.01. The Morgan fingerprint density at radius 2 is 2.00 bits per heavy atom. The smallest absolute Gasteiger partial charge is 0.405 e. The first-order chi connectivity index (χ1) is 9.89. The van der Waals surface area contributed by atoms with Gasteiger partial charge in [-0.1, -0.05) is 20.8 Å². The summed E-state index contributed by atoms with van der Waals surface area (Å²) in [5.74, 6) is -0.593. The first-order valence-electron chi connectivity index (χ1n) is 7.45. The van der Waals surface area contributed by atoms with E-state index in [0.717, 1.165) is 0 Å². The zero-order valence-corrected chi connectivity index (χ0v) is 14.1. The van der Waals surface area contributed by atoms with E-state index in [1.807, 2.05) is 34.6 Å². The van der Waals surface area contributed by atoms with Crippen molar-refractivity contribution in [3.05, 3.63) is 0 Å². The van der Waals surface area contributed by atoms with Crippen LogP contribution in [-0.4, -0.2) is 47.5 Å². The quantitative estimate of drug-likeness (QED) is 0.808. The summed E-state index contributed by atoms with van der Waals surface area (Å²) < 4.78 is 4.98. The summed E-state index contributed by atoms with van der Waals surface area (Å²) in [7, 11) is 0. The molecule has 1 saturated heterocycles. The maximum atomic E-state index is 12.6. The summed E-state index contributed by atoms with van der Waals surface area (Å²) in [6.45, 7) is 10.1. The Bertz CT molecular complexity index is 454. The third-order valence-corrected chi connectivity index (χ3v) is 3.40. The molecule has 1 unspecified atom stereocenters. The highest BCUT2D eigenvalue weighted by atomic mass is 16.6. The van der Waals surface area contributed by atoms with E-state index in [1.54, 1.807) is 0 Å². The molecular formula is C15H27N3O4. The number of hydrogen-bond donors (Lipinski definition) is 2. The van der Waals surface area contributed by atoms with E-state index in [4.69, 9.17) is 10.5 Å². The Labute approximate surface area is 131 Å². The fourth-order valence-corrected chi connectivity index (χ4v) is 2.46. The van der Waals surface area contributed by atoms with Crippen molar-refractivity contribution >= 4 is 17.9 Å². The molecule has 0 bridgehead atoms. The Morgan fingerprint density at radius 3 is 2.45 bits per heavy atom. The van der Waals surface area contributed by atoms with Crippen molar-refractivity contribution in [2.45, 2.75) is 59.1 Å². The fraction of sp³-hybridized carbons (Fsp3) is 0.800. The number of amides is 3. The second kappa shape index (κ2) is 6.54. The molecule has 0 aromatic heterocycles. The number of nitrogens with zero attached hydrogens (tertiary/aromatic N) is 1. The lowest BCUT2D eigenvalue weighted by atomic mass is 9.89. The molecule has 1 heterocycles. The number of primary amides is 1. The standard InChI is InChI=1S/C15H27N3O4/c1-14(2,3)7-6-10(22-13(16)21)12(20)18-8-11(19)17-15(4,5)9-18/h10H,6-9H2,1-5H3,(H2,16,21)(H,17,19). The molecule has 0 saturated carbocycles. The number of carbonyl (C=O) groups excluding carboxylic acids is 3. The van der Waals surface area contributed by atoms with E-state index in [9.17, 15) is 14.4 Å². The molecule has 126 valence electrons. The van der Waals surface area contributed by atoms with E-state index >= 15 is 0 Å². The van der Waals surface area contributed by atoms with Crippen molar-refractivity contribution in [1.82, 2.24) is 10.2 Å². The molecule has 0 aromatic carbocycles. The molecule has 0 radical (unpaired) electrons. The maximum absolute atomic E-state index is 12.6. The second-order valence-corrected chi connectivity index (χ2v) is 7.65. The lowest BCUT2D eigenvalue weighted by molar-refractivity contribution is -0.148. The van der Waals surface area contributed by atoms with Crippen molar-refractivity contribution in [1.29, 1.82) is 0 Å². The molecule has 1 atom stereocenters. The van der Waals surface area contributed by atoms with Gasteiger partial charge < -0.3 is 20.7 Å². The van der Waals surface area contributed by atoms with Gasteiger partial charge in [0.1, 0.15) is 0 Å². The molecule has 7 nitrogen and oxygen atoms in total. The van der Waals surface area contributed by atoms with Gasteiger partial charge in [0.2, 0.25) is 5.91 Å². The van der Waals surface area contributed by atoms with Crippen LogP contribution in [-0.2, 0) is 14.3 Å². The van der Waals surface area contributed by atoms with Gasteiger partial charge in [-0.25, -0.2) is 4.79 Å². The Hall–Kier alpha value is -1.79. The lowest BCUT2D eigenvalue weighted by Crippen LogP contribution is -2.62. The lowest BCUT2D eigenvalue weighted by Gasteiger charge is -2.39. The van der Waals surface area contributed by atoms with Crippen LogP contribution in [0.3, 0.4) is 0 Å². The third kappa shape index (κ3) is 5.91. The van der Waals surface area contributed by atoms with Gasteiger partial charge in [-0.3, -0.25) is 9.59 Å². The average molecular weight is 313 g/mol. The first kappa shape index (κ1) is 18.3. The van der Waals surface area contributed by atoms with Crippen molar-refractivity contribution < 1.29 is 19.1 Å². The molecule has 3 N–H and O–H groups in total. The zero-order chi connectivity index (χ0) is 17.1. The average Bonchev–Trinajstić information content (AvgIpc) is 2.29. The van der Waals surface area contributed by atoms with Crippen LogP contribution in [0.25, 0.3) is 0 Å². The van der Waals surface area contributed by atoms with E-state index < -0.39 is 17.7 Å². The van der Waals surface area contributed by atoms with Crippen molar-refractivity contribution in [3.8, 4) is 0 Å². The largest absolute Gasteiger partial charge is 0.436 e. The molecular weight excluding hydrogens is 286 g/mol. The van der Waals surface area contributed by atoms with Crippen molar-refractivity contribution in [3.63, 3.8) is 0 Å². The maximum Gasteiger partial charge on any atom is 0.405 e. The Kier molecular flexibility index (Phi) is 5.43. The minimum Gasteiger partial charge on any atom is -0.436 e.